The number of carbonyl (C=O) groups excluding carboxylic acids is 1. The van der Waals surface area contributed by atoms with E-state index in [0.717, 1.165) is 12.3 Å². The summed E-state index contributed by atoms with van der Waals surface area (Å²) in [5, 5.41) is 11.6. The third-order valence-corrected chi connectivity index (χ3v) is 3.95. The molecule has 0 radical (unpaired) electrons. The van der Waals surface area contributed by atoms with Crippen LogP contribution in [0.1, 0.15) is 25.7 Å². The molecular weight excluding hydrogens is 252 g/mol. The first-order valence-corrected chi connectivity index (χ1v) is 7.67. The first-order valence-electron chi connectivity index (χ1n) is 6.28. The molecule has 0 spiro atoms. The highest BCUT2D eigenvalue weighted by Gasteiger charge is 2.24. The third kappa shape index (κ3) is 4.76. The van der Waals surface area contributed by atoms with Gasteiger partial charge in [0.15, 0.2) is 0 Å². The van der Waals surface area contributed by atoms with Gasteiger partial charge in [-0.1, -0.05) is 6.42 Å². The number of amides is 2. The highest BCUT2D eigenvalue weighted by Crippen LogP contribution is 2.26. The average molecular weight is 274 g/mol. The van der Waals surface area contributed by atoms with Gasteiger partial charge in [0.1, 0.15) is 6.04 Å². The van der Waals surface area contributed by atoms with Crippen LogP contribution in [0, 0.1) is 5.92 Å². The van der Waals surface area contributed by atoms with Gasteiger partial charge in [0.2, 0.25) is 0 Å². The summed E-state index contributed by atoms with van der Waals surface area (Å²) in [5.74, 6) is 0.355. The van der Waals surface area contributed by atoms with Crippen molar-refractivity contribution >= 4 is 23.8 Å². The Morgan fingerprint density at radius 2 is 2.17 bits per heavy atom. The van der Waals surface area contributed by atoms with Gasteiger partial charge in [-0.3, -0.25) is 0 Å². The highest BCUT2D eigenvalue weighted by molar-refractivity contribution is 7.98. The Kier molecular flexibility index (Phi) is 6.32. The summed E-state index contributed by atoms with van der Waals surface area (Å²) in [7, 11) is 1.72. The lowest BCUT2D eigenvalue weighted by molar-refractivity contribution is -0.139. The second-order valence-corrected chi connectivity index (χ2v) is 5.78. The van der Waals surface area contributed by atoms with Gasteiger partial charge < -0.3 is 15.3 Å². The number of urea groups is 1. The Balaban J connectivity index is 2.36. The molecule has 2 amide bonds. The lowest BCUT2D eigenvalue weighted by Crippen LogP contribution is -2.48. The third-order valence-electron chi connectivity index (χ3n) is 3.31. The smallest absolute Gasteiger partial charge is 0.326 e. The minimum absolute atomic E-state index is 0.282. The molecule has 5 nitrogen and oxygen atoms in total. The van der Waals surface area contributed by atoms with E-state index in [9.17, 15) is 9.59 Å². The molecule has 0 aromatic carbocycles. The quantitative estimate of drug-likeness (QED) is 0.740. The number of hydrogen-bond donors (Lipinski definition) is 2. The van der Waals surface area contributed by atoms with Crippen LogP contribution < -0.4 is 5.32 Å². The largest absolute Gasteiger partial charge is 0.480 e. The van der Waals surface area contributed by atoms with Gasteiger partial charge in [0.25, 0.3) is 0 Å². The second kappa shape index (κ2) is 7.51. The van der Waals surface area contributed by atoms with Crippen LogP contribution in [0.4, 0.5) is 4.79 Å². The van der Waals surface area contributed by atoms with E-state index in [4.69, 9.17) is 5.11 Å². The van der Waals surface area contributed by atoms with Crippen molar-refractivity contribution in [3.63, 3.8) is 0 Å². The van der Waals surface area contributed by atoms with E-state index in [1.54, 1.807) is 23.7 Å². The molecule has 0 aromatic rings. The second-order valence-electron chi connectivity index (χ2n) is 4.80. The zero-order chi connectivity index (χ0) is 13.5. The van der Waals surface area contributed by atoms with Crippen LogP contribution in [0.2, 0.25) is 0 Å². The molecule has 1 atom stereocenters. The van der Waals surface area contributed by atoms with E-state index in [-0.39, 0.29) is 6.03 Å². The number of carbonyl (C=O) groups is 2. The minimum atomic E-state index is -0.963. The van der Waals surface area contributed by atoms with Crippen molar-refractivity contribution in [1.82, 2.24) is 10.2 Å². The highest BCUT2D eigenvalue weighted by atomic mass is 32.2. The molecule has 2 N–H and O–H groups in total. The maximum Gasteiger partial charge on any atom is 0.326 e. The first kappa shape index (κ1) is 15.1. The van der Waals surface area contributed by atoms with Crippen molar-refractivity contribution < 1.29 is 14.7 Å². The van der Waals surface area contributed by atoms with E-state index < -0.39 is 12.0 Å². The van der Waals surface area contributed by atoms with Crippen molar-refractivity contribution in [2.45, 2.75) is 31.7 Å². The molecule has 0 bridgehead atoms. The summed E-state index contributed by atoms with van der Waals surface area (Å²) in [4.78, 5) is 24.4. The van der Waals surface area contributed by atoms with Crippen molar-refractivity contribution in [3.8, 4) is 0 Å². The van der Waals surface area contributed by atoms with Gasteiger partial charge in [0, 0.05) is 13.6 Å². The summed E-state index contributed by atoms with van der Waals surface area (Å²) >= 11 is 1.58. The molecule has 104 valence electrons. The minimum Gasteiger partial charge on any atom is -0.480 e. The maximum absolute atomic E-state index is 11.8. The number of thioether (sulfide) groups is 1. The molecular formula is C12H22N2O3S. The van der Waals surface area contributed by atoms with Crippen LogP contribution in [-0.2, 0) is 4.79 Å². The van der Waals surface area contributed by atoms with Crippen LogP contribution >= 0.6 is 11.8 Å². The number of carboxylic acid groups (broad SMARTS) is 1. The Bertz CT molecular complexity index is 295. The van der Waals surface area contributed by atoms with Gasteiger partial charge in [-0.2, -0.15) is 11.8 Å². The molecule has 1 rings (SSSR count). The van der Waals surface area contributed by atoms with E-state index in [2.05, 4.69) is 5.32 Å². The number of carboxylic acids is 1. The van der Waals surface area contributed by atoms with E-state index in [0.29, 0.717) is 12.3 Å². The molecule has 1 fully saturated rings. The molecule has 0 saturated heterocycles. The van der Waals surface area contributed by atoms with E-state index >= 15 is 0 Å². The molecule has 18 heavy (non-hydrogen) atoms. The molecule has 1 aliphatic carbocycles. The molecule has 1 saturated carbocycles. The topological polar surface area (TPSA) is 69.6 Å². The predicted molar refractivity (Wildman–Crippen MR) is 72.9 cm³/mol. The van der Waals surface area contributed by atoms with E-state index in [1.807, 2.05) is 6.26 Å². The van der Waals surface area contributed by atoms with Crippen LogP contribution in [0.15, 0.2) is 0 Å². The number of aliphatic carboxylic acids is 1. The van der Waals surface area contributed by atoms with E-state index in [1.165, 1.54) is 19.3 Å². The average Bonchev–Trinajstić information content (AvgIpc) is 2.28. The Morgan fingerprint density at radius 1 is 1.50 bits per heavy atom. The fraction of sp³-hybridized carbons (Fsp3) is 0.833. The molecule has 0 aliphatic heterocycles. The summed E-state index contributed by atoms with van der Waals surface area (Å²) in [6.07, 6.45) is 5.97. The Morgan fingerprint density at radius 3 is 2.61 bits per heavy atom. The molecule has 1 unspecified atom stereocenters. The van der Waals surface area contributed by atoms with Crippen molar-refractivity contribution in [3.05, 3.63) is 0 Å². The van der Waals surface area contributed by atoms with Crippen molar-refractivity contribution in [1.29, 1.82) is 0 Å². The number of nitrogens with zero attached hydrogens (tertiary/aromatic N) is 1. The lowest BCUT2D eigenvalue weighted by Gasteiger charge is -2.30. The van der Waals surface area contributed by atoms with Gasteiger partial charge in [-0.25, -0.2) is 9.59 Å². The molecule has 0 heterocycles. The van der Waals surface area contributed by atoms with Gasteiger partial charge >= 0.3 is 12.0 Å². The van der Waals surface area contributed by atoms with Crippen LogP contribution in [0.3, 0.4) is 0 Å². The fourth-order valence-electron chi connectivity index (χ4n) is 1.90. The Labute approximate surface area is 112 Å². The predicted octanol–water partition coefficient (Wildman–Crippen LogP) is 1.63. The Hall–Kier alpha value is -0.910. The van der Waals surface area contributed by atoms with Crippen LogP contribution in [-0.4, -0.2) is 53.6 Å². The van der Waals surface area contributed by atoms with Crippen LogP contribution in [0.25, 0.3) is 0 Å². The van der Waals surface area contributed by atoms with Gasteiger partial charge in [-0.05, 0) is 37.2 Å². The lowest BCUT2D eigenvalue weighted by atomic mass is 9.85. The first-order chi connectivity index (χ1) is 8.54. The zero-order valence-electron chi connectivity index (χ0n) is 11.0. The zero-order valence-corrected chi connectivity index (χ0v) is 11.8. The van der Waals surface area contributed by atoms with Crippen molar-refractivity contribution in [2.24, 2.45) is 5.92 Å². The SMILES string of the molecule is CSCCC(NC(=O)N(C)CC1CCC1)C(=O)O. The maximum atomic E-state index is 11.8. The molecule has 1 aliphatic rings. The van der Waals surface area contributed by atoms with Crippen molar-refractivity contribution in [2.75, 3.05) is 25.6 Å². The monoisotopic (exact) mass is 274 g/mol. The normalized spacial score (nSPS) is 16.8. The van der Waals surface area contributed by atoms with Gasteiger partial charge in [-0.15, -0.1) is 0 Å². The number of hydrogen-bond acceptors (Lipinski definition) is 3. The fourth-order valence-corrected chi connectivity index (χ4v) is 2.37. The summed E-state index contributed by atoms with van der Waals surface area (Å²) in [6, 6.07) is -1.07. The number of nitrogens with one attached hydrogen (secondary N) is 1. The standard InChI is InChI=1S/C12H22N2O3S/c1-14(8-9-4-3-5-9)12(17)13-10(11(15)16)6-7-18-2/h9-10H,3-8H2,1-2H3,(H,13,17)(H,15,16). The summed E-state index contributed by atoms with van der Waals surface area (Å²) in [5.41, 5.74) is 0. The molecule has 6 heteroatoms. The van der Waals surface area contributed by atoms with Crippen LogP contribution in [0.5, 0.6) is 0 Å². The van der Waals surface area contributed by atoms with Gasteiger partial charge in [0.05, 0.1) is 0 Å². The number of rotatable bonds is 7. The summed E-state index contributed by atoms with van der Waals surface area (Å²) < 4.78 is 0. The summed E-state index contributed by atoms with van der Waals surface area (Å²) in [6.45, 7) is 0.723. The molecule has 0 aromatic heterocycles.